The van der Waals surface area contributed by atoms with E-state index in [0.29, 0.717) is 0 Å². The molecule has 4 aromatic rings. The maximum Gasteiger partial charge on any atom is 0.222 e. The van der Waals surface area contributed by atoms with E-state index >= 15 is 0 Å². The molecule has 21 heavy (non-hydrogen) atoms. The van der Waals surface area contributed by atoms with E-state index in [4.69, 9.17) is 4.98 Å². The fourth-order valence-electron chi connectivity index (χ4n) is 3.39. The third-order valence-electron chi connectivity index (χ3n) is 4.38. The molecule has 2 nitrogen and oxygen atoms in total. The van der Waals surface area contributed by atoms with Crippen molar-refractivity contribution < 1.29 is 4.57 Å². The lowest BCUT2D eigenvalue weighted by Gasteiger charge is -2.11. The maximum atomic E-state index is 4.71. The van der Waals surface area contributed by atoms with E-state index in [1.54, 1.807) is 0 Å². The van der Waals surface area contributed by atoms with Crippen LogP contribution in [0.3, 0.4) is 0 Å². The van der Waals surface area contributed by atoms with E-state index in [9.17, 15) is 0 Å². The van der Waals surface area contributed by atoms with Crippen LogP contribution < -0.4 is 4.57 Å². The normalized spacial score (nSPS) is 11.6. The number of aryl methyl sites for hydroxylation is 3. The van der Waals surface area contributed by atoms with Gasteiger partial charge < -0.3 is 0 Å². The molecule has 0 N–H and O–H groups in total. The quantitative estimate of drug-likeness (QED) is 0.350. The summed E-state index contributed by atoms with van der Waals surface area (Å²) in [6.07, 6.45) is 4.02. The average molecular weight is 273 g/mol. The molecule has 2 heteroatoms. The minimum absolute atomic E-state index is 1.11. The Morgan fingerprint density at radius 2 is 1.62 bits per heavy atom. The number of benzene rings is 2. The molecule has 0 atom stereocenters. The molecular weight excluding hydrogens is 256 g/mol. The third-order valence-corrected chi connectivity index (χ3v) is 4.38. The molecule has 0 aliphatic rings. The lowest BCUT2D eigenvalue weighted by atomic mass is 9.95. The number of rotatable bonds is 0. The molecule has 0 aliphatic heterocycles. The number of fused-ring (bicyclic) bond motifs is 6. The topological polar surface area (TPSA) is 16.8 Å². The number of hydrogen-bond donors (Lipinski definition) is 0. The summed E-state index contributed by atoms with van der Waals surface area (Å²) in [4.78, 5) is 4.71. The van der Waals surface area contributed by atoms with Crippen molar-refractivity contribution in [3.05, 3.63) is 59.9 Å². The lowest BCUT2D eigenvalue weighted by molar-refractivity contribution is -0.644. The molecule has 2 aromatic carbocycles. The molecule has 0 unspecified atom stereocenters. The number of aromatic nitrogens is 2. The van der Waals surface area contributed by atoms with Gasteiger partial charge in [0.25, 0.3) is 0 Å². The van der Waals surface area contributed by atoms with E-state index in [1.807, 2.05) is 6.20 Å². The highest BCUT2D eigenvalue weighted by atomic mass is 14.9. The van der Waals surface area contributed by atoms with Crippen LogP contribution in [-0.2, 0) is 7.05 Å². The molecule has 0 bridgehead atoms. The predicted molar refractivity (Wildman–Crippen MR) is 87.4 cm³/mol. The smallest absolute Gasteiger partial charge is 0.222 e. The molecule has 2 heterocycles. The Morgan fingerprint density at radius 3 is 2.48 bits per heavy atom. The van der Waals surface area contributed by atoms with Crippen LogP contribution in [0.2, 0.25) is 0 Å². The van der Waals surface area contributed by atoms with Gasteiger partial charge in [-0.1, -0.05) is 18.2 Å². The van der Waals surface area contributed by atoms with Crippen molar-refractivity contribution in [2.24, 2.45) is 7.05 Å². The van der Waals surface area contributed by atoms with Gasteiger partial charge in [0.15, 0.2) is 6.20 Å². The Balaban J connectivity index is 2.51. The van der Waals surface area contributed by atoms with Crippen molar-refractivity contribution in [3.63, 3.8) is 0 Å². The second-order valence-corrected chi connectivity index (χ2v) is 5.73. The van der Waals surface area contributed by atoms with Gasteiger partial charge >= 0.3 is 0 Å². The van der Waals surface area contributed by atoms with Gasteiger partial charge in [0.2, 0.25) is 5.52 Å². The Bertz CT molecular complexity index is 1020. The average Bonchev–Trinajstić information content (AvgIpc) is 2.48. The van der Waals surface area contributed by atoms with E-state index in [0.717, 1.165) is 5.52 Å². The van der Waals surface area contributed by atoms with Crippen LogP contribution in [0, 0.1) is 13.8 Å². The maximum absolute atomic E-state index is 4.71. The van der Waals surface area contributed by atoms with Gasteiger partial charge in [-0.25, -0.2) is 4.57 Å². The highest BCUT2D eigenvalue weighted by molar-refractivity contribution is 6.23. The van der Waals surface area contributed by atoms with Crippen LogP contribution in [0.4, 0.5) is 0 Å². The molecule has 0 saturated carbocycles. The SMILES string of the molecule is Cc1cccc2c3ccc[n+](C)c3c3c(C)ccnc3c12. The lowest BCUT2D eigenvalue weighted by Crippen LogP contribution is -2.28. The van der Waals surface area contributed by atoms with Gasteiger partial charge in [0.05, 0.1) is 16.3 Å². The van der Waals surface area contributed by atoms with Crippen LogP contribution in [-0.4, -0.2) is 4.98 Å². The van der Waals surface area contributed by atoms with Crippen LogP contribution in [0.1, 0.15) is 11.1 Å². The summed E-state index contributed by atoms with van der Waals surface area (Å²) in [5.41, 5.74) is 4.93. The van der Waals surface area contributed by atoms with Crippen molar-refractivity contribution in [2.75, 3.05) is 0 Å². The first-order valence-corrected chi connectivity index (χ1v) is 7.23. The first-order chi connectivity index (χ1) is 10.2. The molecular formula is C19H17N2+. The highest BCUT2D eigenvalue weighted by Gasteiger charge is 2.18. The van der Waals surface area contributed by atoms with E-state index in [-0.39, 0.29) is 0 Å². The summed E-state index contributed by atoms with van der Waals surface area (Å²) in [6.45, 7) is 4.33. The highest BCUT2D eigenvalue weighted by Crippen LogP contribution is 2.35. The van der Waals surface area contributed by atoms with E-state index in [2.05, 4.69) is 68.1 Å². The molecule has 0 amide bonds. The molecule has 102 valence electrons. The second-order valence-electron chi connectivity index (χ2n) is 5.73. The van der Waals surface area contributed by atoms with Gasteiger partial charge in [-0.2, -0.15) is 0 Å². The van der Waals surface area contributed by atoms with Crippen LogP contribution >= 0.6 is 0 Å². The Hall–Kier alpha value is -2.48. The molecule has 0 radical (unpaired) electrons. The van der Waals surface area contributed by atoms with Crippen molar-refractivity contribution >= 4 is 32.6 Å². The molecule has 0 fully saturated rings. The van der Waals surface area contributed by atoms with Crippen molar-refractivity contribution in [3.8, 4) is 0 Å². The molecule has 2 aromatic heterocycles. The van der Waals surface area contributed by atoms with Crippen molar-refractivity contribution in [1.82, 2.24) is 4.98 Å². The first-order valence-electron chi connectivity index (χ1n) is 7.23. The molecule has 0 spiro atoms. The van der Waals surface area contributed by atoms with Crippen LogP contribution in [0.25, 0.3) is 32.6 Å². The van der Waals surface area contributed by atoms with Gasteiger partial charge in [-0.15, -0.1) is 0 Å². The zero-order valence-corrected chi connectivity index (χ0v) is 12.5. The number of hydrogen-bond acceptors (Lipinski definition) is 1. The van der Waals surface area contributed by atoms with E-state index < -0.39 is 0 Å². The minimum atomic E-state index is 1.11. The molecule has 0 aliphatic carbocycles. The van der Waals surface area contributed by atoms with Crippen molar-refractivity contribution in [1.29, 1.82) is 0 Å². The summed E-state index contributed by atoms with van der Waals surface area (Å²) in [5, 5.41) is 5.11. The second kappa shape index (κ2) is 4.26. The summed E-state index contributed by atoms with van der Waals surface area (Å²) in [6, 6.07) is 12.9. The minimum Gasteiger partial charge on any atom is -0.255 e. The van der Waals surface area contributed by atoms with Crippen molar-refractivity contribution in [2.45, 2.75) is 13.8 Å². The van der Waals surface area contributed by atoms with E-state index in [1.165, 1.54) is 38.2 Å². The number of pyridine rings is 2. The Labute approximate surface area is 123 Å². The predicted octanol–water partition coefficient (Wildman–Crippen LogP) is 3.98. The van der Waals surface area contributed by atoms with Gasteiger partial charge in [0, 0.05) is 17.6 Å². The van der Waals surface area contributed by atoms with Crippen LogP contribution in [0.15, 0.2) is 48.8 Å². The summed E-state index contributed by atoms with van der Waals surface area (Å²) < 4.78 is 2.20. The Kier molecular flexibility index (Phi) is 2.49. The van der Waals surface area contributed by atoms with Gasteiger partial charge in [-0.05, 0) is 42.5 Å². The summed E-state index contributed by atoms with van der Waals surface area (Å²) in [5.74, 6) is 0. The standard InChI is InChI=1S/C19H17N2/c1-12-6-4-7-14-15-8-5-11-21(3)19(15)17-13(2)9-10-20-18(17)16(12)14/h4-11H,1-3H3/q+1. The summed E-state index contributed by atoms with van der Waals surface area (Å²) >= 11 is 0. The summed E-state index contributed by atoms with van der Waals surface area (Å²) in [7, 11) is 2.11. The fraction of sp³-hybridized carbons (Fsp3) is 0.158. The van der Waals surface area contributed by atoms with Crippen LogP contribution in [0.5, 0.6) is 0 Å². The molecule has 0 saturated heterocycles. The number of nitrogens with zero attached hydrogens (tertiary/aromatic N) is 2. The zero-order valence-electron chi connectivity index (χ0n) is 12.5. The first kappa shape index (κ1) is 12.3. The zero-order chi connectivity index (χ0) is 14.6. The van der Waals surface area contributed by atoms with Gasteiger partial charge in [-0.3, -0.25) is 4.98 Å². The monoisotopic (exact) mass is 273 g/mol. The fourth-order valence-corrected chi connectivity index (χ4v) is 3.39. The van der Waals surface area contributed by atoms with Gasteiger partial charge in [0.1, 0.15) is 7.05 Å². The molecule has 4 rings (SSSR count). The third kappa shape index (κ3) is 1.59. The largest absolute Gasteiger partial charge is 0.255 e. The Morgan fingerprint density at radius 1 is 0.857 bits per heavy atom.